The van der Waals surface area contributed by atoms with Gasteiger partial charge in [0.1, 0.15) is 17.5 Å². The first-order valence-electron chi connectivity index (χ1n) is 10.7. The molecule has 37 heavy (non-hydrogen) atoms. The van der Waals surface area contributed by atoms with Gasteiger partial charge in [0.25, 0.3) is 11.1 Å². The lowest BCUT2D eigenvalue weighted by atomic mass is 10.00. The van der Waals surface area contributed by atoms with Gasteiger partial charge in [0.05, 0.1) is 33.2 Å². The van der Waals surface area contributed by atoms with E-state index >= 15 is 0 Å². The van der Waals surface area contributed by atoms with Crippen molar-refractivity contribution in [2.75, 3.05) is 0 Å². The molecule has 11 heteroatoms. The van der Waals surface area contributed by atoms with Crippen LogP contribution in [0.5, 0.6) is 0 Å². The first kappa shape index (κ1) is 23.9. The number of hydrogen-bond donors (Lipinski definition) is 2. The Hall–Kier alpha value is -4.77. The normalized spacial score (nSPS) is 10.7. The van der Waals surface area contributed by atoms with Crippen LogP contribution in [-0.2, 0) is 6.54 Å². The van der Waals surface area contributed by atoms with Crippen LogP contribution in [-0.4, -0.2) is 30.6 Å². The van der Waals surface area contributed by atoms with Gasteiger partial charge in [-0.2, -0.15) is 5.26 Å². The van der Waals surface area contributed by atoms with E-state index in [0.717, 1.165) is 5.56 Å². The third-order valence-corrected chi connectivity index (χ3v) is 6.97. The summed E-state index contributed by atoms with van der Waals surface area (Å²) in [5, 5.41) is 20.8. The summed E-state index contributed by atoms with van der Waals surface area (Å²) in [6.07, 6.45) is 2.84. The molecule has 4 heterocycles. The number of halogens is 1. The maximum atomic E-state index is 13.1. The molecule has 0 atom stereocenters. The smallest absolute Gasteiger partial charge is 0.338 e. The second-order valence-electron chi connectivity index (χ2n) is 7.90. The van der Waals surface area contributed by atoms with Crippen LogP contribution < -0.4 is 11.1 Å². The first-order valence-corrected chi connectivity index (χ1v) is 12.0. The number of nitriles is 1. The number of aromatic nitrogens is 4. The first-order chi connectivity index (χ1) is 17.8. The molecule has 0 aliphatic heterocycles. The fraction of sp³-hybridized carbons (Fsp3) is 0.0769. The molecule has 0 saturated heterocycles. The average molecular weight is 528 g/mol. The lowest BCUT2D eigenvalue weighted by molar-refractivity contribution is 0.0699. The van der Waals surface area contributed by atoms with E-state index in [0.29, 0.717) is 32.2 Å². The molecule has 0 amide bonds. The van der Waals surface area contributed by atoms with Crippen molar-refractivity contribution < 1.29 is 9.90 Å². The predicted molar refractivity (Wildman–Crippen MR) is 140 cm³/mol. The average Bonchev–Trinajstić information content (AvgIpc) is 3.32. The van der Waals surface area contributed by atoms with E-state index in [2.05, 4.69) is 26.8 Å². The van der Waals surface area contributed by atoms with Crippen molar-refractivity contribution in [2.24, 2.45) is 0 Å². The Morgan fingerprint density at radius 1 is 1.27 bits per heavy atom. The molecule has 0 spiro atoms. The van der Waals surface area contributed by atoms with Gasteiger partial charge in [0.2, 0.25) is 0 Å². The van der Waals surface area contributed by atoms with Gasteiger partial charge >= 0.3 is 5.97 Å². The number of nitrogens with one attached hydrogen (secondary N) is 1. The van der Waals surface area contributed by atoms with Gasteiger partial charge in [-0.1, -0.05) is 23.4 Å². The Morgan fingerprint density at radius 2 is 2.08 bits per heavy atom. The summed E-state index contributed by atoms with van der Waals surface area (Å²) in [5.74, 6) is 5.34. The Labute approximate surface area is 217 Å². The fourth-order valence-electron chi connectivity index (χ4n) is 3.99. The number of aryl methyl sites for hydroxylation is 1. The quantitative estimate of drug-likeness (QED) is 0.338. The van der Waals surface area contributed by atoms with Crippen LogP contribution >= 0.6 is 22.9 Å². The highest BCUT2D eigenvalue weighted by atomic mass is 35.5. The van der Waals surface area contributed by atoms with Crippen LogP contribution in [0.25, 0.3) is 32.2 Å². The van der Waals surface area contributed by atoms with Crippen LogP contribution in [0.3, 0.4) is 0 Å². The number of fused-ring (bicyclic) bond motifs is 2. The van der Waals surface area contributed by atoms with Crippen molar-refractivity contribution in [3.05, 3.63) is 90.3 Å². The third-order valence-electron chi connectivity index (χ3n) is 5.73. The van der Waals surface area contributed by atoms with Crippen LogP contribution in [0, 0.1) is 30.1 Å². The summed E-state index contributed by atoms with van der Waals surface area (Å²) in [5.41, 5.74) is 1.24. The van der Waals surface area contributed by atoms with Gasteiger partial charge in [0, 0.05) is 39.5 Å². The predicted octanol–water partition coefficient (Wildman–Crippen LogP) is 3.94. The van der Waals surface area contributed by atoms with Crippen molar-refractivity contribution in [1.29, 1.82) is 5.26 Å². The molecule has 0 aliphatic carbocycles. The molecule has 9 nitrogen and oxygen atoms in total. The van der Waals surface area contributed by atoms with Crippen LogP contribution in [0.15, 0.2) is 51.6 Å². The Morgan fingerprint density at radius 3 is 2.84 bits per heavy atom. The molecule has 5 rings (SSSR count). The maximum Gasteiger partial charge on any atom is 0.338 e. The number of aromatic amines is 1. The van der Waals surface area contributed by atoms with Gasteiger partial charge in [-0.25, -0.2) is 9.78 Å². The number of nitrogens with zero attached hydrogens (tertiary/aromatic N) is 4. The van der Waals surface area contributed by atoms with Crippen LogP contribution in [0.4, 0.5) is 0 Å². The molecule has 0 unspecified atom stereocenters. The van der Waals surface area contributed by atoms with Crippen molar-refractivity contribution in [3.8, 4) is 29.0 Å². The molecular formula is C26H14ClN5O4S. The van der Waals surface area contributed by atoms with Crippen molar-refractivity contribution in [3.63, 3.8) is 0 Å². The summed E-state index contributed by atoms with van der Waals surface area (Å²) in [6.45, 7) is 1.60. The number of rotatable bonds is 3. The summed E-state index contributed by atoms with van der Waals surface area (Å²) < 4.78 is 1.99. The van der Waals surface area contributed by atoms with Gasteiger partial charge < -0.3 is 10.1 Å². The number of carbonyl (C=O) groups is 1. The number of hydrogen-bond acceptors (Lipinski definition) is 7. The number of H-pyrrole nitrogens is 1. The molecule has 2 N–H and O–H groups in total. The highest BCUT2D eigenvalue weighted by Crippen LogP contribution is 2.36. The van der Waals surface area contributed by atoms with Crippen LogP contribution in [0.2, 0.25) is 5.02 Å². The van der Waals surface area contributed by atoms with E-state index in [9.17, 15) is 24.8 Å². The SMILES string of the molecule is Cc1nc2c[nH]c(=O)c(C#N)c2c(=O)n1CC#Cc1ccc(Cl)cc1-c1ccnc2c(C(=O)O)csc12. The minimum Gasteiger partial charge on any atom is -0.478 e. The number of aromatic carboxylic acids is 1. The zero-order valence-corrected chi connectivity index (χ0v) is 20.6. The zero-order valence-electron chi connectivity index (χ0n) is 19.0. The summed E-state index contributed by atoms with van der Waals surface area (Å²) >= 11 is 7.55. The van der Waals surface area contributed by atoms with E-state index < -0.39 is 17.1 Å². The summed E-state index contributed by atoms with van der Waals surface area (Å²) in [4.78, 5) is 47.7. The van der Waals surface area contributed by atoms with E-state index in [1.165, 1.54) is 28.3 Å². The summed E-state index contributed by atoms with van der Waals surface area (Å²) in [7, 11) is 0. The van der Waals surface area contributed by atoms with Gasteiger partial charge in [-0.05, 0) is 31.2 Å². The van der Waals surface area contributed by atoms with E-state index in [1.807, 2.05) is 0 Å². The second kappa shape index (κ2) is 9.36. The molecule has 1 aromatic carbocycles. The Bertz CT molecular complexity index is 1990. The molecule has 180 valence electrons. The van der Waals surface area contributed by atoms with E-state index in [-0.39, 0.29) is 28.6 Å². The number of thiophene rings is 1. The minimum absolute atomic E-state index is 0.0404. The topological polar surface area (TPSA) is 142 Å². The van der Waals surface area contributed by atoms with Crippen molar-refractivity contribution >= 4 is 50.0 Å². The van der Waals surface area contributed by atoms with Gasteiger partial charge in [0.15, 0.2) is 0 Å². The molecule has 0 aliphatic rings. The molecule has 0 radical (unpaired) electrons. The van der Waals surface area contributed by atoms with Gasteiger partial charge in [-0.15, -0.1) is 11.3 Å². The van der Waals surface area contributed by atoms with E-state index in [1.54, 1.807) is 42.6 Å². The molecular weight excluding hydrogens is 514 g/mol. The van der Waals surface area contributed by atoms with Gasteiger partial charge in [-0.3, -0.25) is 19.1 Å². The lowest BCUT2D eigenvalue weighted by Crippen LogP contribution is -2.26. The summed E-state index contributed by atoms with van der Waals surface area (Å²) in [6, 6.07) is 8.71. The lowest BCUT2D eigenvalue weighted by Gasteiger charge is -2.09. The molecule has 0 fully saturated rings. The Kier molecular flexibility index (Phi) is 6.06. The van der Waals surface area contributed by atoms with E-state index in [4.69, 9.17) is 11.6 Å². The number of pyridine rings is 2. The van der Waals surface area contributed by atoms with Crippen molar-refractivity contribution in [2.45, 2.75) is 13.5 Å². The highest BCUT2D eigenvalue weighted by Gasteiger charge is 2.17. The molecule has 0 bridgehead atoms. The number of carboxylic acids is 1. The van der Waals surface area contributed by atoms with Crippen molar-refractivity contribution in [1.82, 2.24) is 19.5 Å². The second-order valence-corrected chi connectivity index (χ2v) is 9.21. The molecule has 0 saturated carbocycles. The Balaban J connectivity index is 1.61. The van der Waals surface area contributed by atoms with Crippen LogP contribution in [0.1, 0.15) is 27.3 Å². The highest BCUT2D eigenvalue weighted by molar-refractivity contribution is 7.18. The fourth-order valence-corrected chi connectivity index (χ4v) is 5.19. The molecule has 4 aromatic heterocycles. The largest absolute Gasteiger partial charge is 0.478 e. The molecule has 5 aromatic rings. The standard InChI is InChI=1S/C26H14ClN5O4S/c1-13-31-20-11-30-24(33)18(10-28)21(20)25(34)32(13)8-2-3-14-4-5-15(27)9-17(14)16-6-7-29-22-19(26(35)36)12-37-23(16)22/h4-7,9,11-12H,8H2,1H3,(H,30,33)(H,35,36). The number of benzene rings is 1. The third kappa shape index (κ3) is 4.15. The zero-order chi connectivity index (χ0) is 26.3. The number of carboxylic acid groups (broad SMARTS) is 1. The maximum absolute atomic E-state index is 13.1. The monoisotopic (exact) mass is 527 g/mol. The minimum atomic E-state index is -1.06.